The quantitative estimate of drug-likeness (QED) is 0.283. The number of hydrogen-bond acceptors (Lipinski definition) is 4. The minimum absolute atomic E-state index is 0.118. The van der Waals surface area contributed by atoms with Crippen LogP contribution in [0.3, 0.4) is 0 Å². The summed E-state index contributed by atoms with van der Waals surface area (Å²) < 4.78 is 1.78. The fraction of sp³-hybridized carbons (Fsp3) is 0.214. The number of halogens is 3. The zero-order valence-electron chi connectivity index (χ0n) is 20.2. The van der Waals surface area contributed by atoms with E-state index in [2.05, 4.69) is 16.0 Å². The summed E-state index contributed by atoms with van der Waals surface area (Å²) in [5, 5.41) is 0.738. The van der Waals surface area contributed by atoms with Gasteiger partial charge in [0.25, 0.3) is 11.8 Å². The monoisotopic (exact) mass is 565 g/mol. The van der Waals surface area contributed by atoms with Crippen LogP contribution in [-0.2, 0) is 5.41 Å². The number of pyridine rings is 1. The highest BCUT2D eigenvalue weighted by molar-refractivity contribution is 6.48. The minimum atomic E-state index is -0.250. The lowest BCUT2D eigenvalue weighted by atomic mass is 9.74. The smallest absolute Gasteiger partial charge is 0.276 e. The fourth-order valence-corrected chi connectivity index (χ4v) is 6.14. The maximum absolute atomic E-state index is 13.9. The summed E-state index contributed by atoms with van der Waals surface area (Å²) in [5.74, 6) is -0.256. The third-order valence-corrected chi connectivity index (χ3v) is 8.71. The predicted octanol–water partition coefficient (Wildman–Crippen LogP) is 6.06. The molecule has 2 aromatic carbocycles. The predicted molar refractivity (Wildman–Crippen MR) is 148 cm³/mol. The van der Waals surface area contributed by atoms with E-state index in [4.69, 9.17) is 34.8 Å². The molecule has 0 saturated carbocycles. The van der Waals surface area contributed by atoms with E-state index in [9.17, 15) is 9.59 Å². The second-order valence-corrected chi connectivity index (χ2v) is 10.8. The standard InChI is InChI=1S/C28H22Cl3N5O2/c29-21-13-18(14-22(30)25(21)31)26(37)34-11-7-28(8-12-34)16-35(23-4-2-1-3-20(23)28)27(38)24-15-33-17-36(24)19-5-9-32-10-6-19/h1-6,9-10,13-15,17H,7-8,11-12,16H2. The number of imidazole rings is 1. The molecule has 0 bridgehead atoms. The van der Waals surface area contributed by atoms with Crippen LogP contribution in [0, 0.1) is 0 Å². The molecule has 0 radical (unpaired) electrons. The number of rotatable bonds is 3. The average Bonchev–Trinajstić information content (AvgIpc) is 3.56. The van der Waals surface area contributed by atoms with Crippen molar-refractivity contribution in [2.24, 2.45) is 0 Å². The van der Waals surface area contributed by atoms with E-state index in [1.54, 1.807) is 41.6 Å². The Bertz CT molecular complexity index is 1520. The van der Waals surface area contributed by atoms with Crippen molar-refractivity contribution in [3.8, 4) is 5.69 Å². The van der Waals surface area contributed by atoms with E-state index in [0.29, 0.717) is 30.9 Å². The molecule has 38 heavy (non-hydrogen) atoms. The van der Waals surface area contributed by atoms with Gasteiger partial charge >= 0.3 is 0 Å². The first-order valence-corrected chi connectivity index (χ1v) is 13.3. The summed E-state index contributed by atoms with van der Waals surface area (Å²) in [7, 11) is 0. The number of anilines is 1. The fourth-order valence-electron chi connectivity index (χ4n) is 5.54. The molecule has 2 aliphatic heterocycles. The Morgan fingerprint density at radius 1 is 0.868 bits per heavy atom. The summed E-state index contributed by atoms with van der Waals surface area (Å²) in [5.41, 5.74) is 3.49. The number of benzene rings is 2. The first kappa shape index (κ1) is 24.9. The van der Waals surface area contributed by atoms with Crippen molar-refractivity contribution in [3.63, 3.8) is 0 Å². The van der Waals surface area contributed by atoms with Crippen molar-refractivity contribution < 1.29 is 9.59 Å². The molecule has 192 valence electrons. The molecule has 4 aromatic rings. The van der Waals surface area contributed by atoms with Gasteiger partial charge in [-0.1, -0.05) is 53.0 Å². The highest BCUT2D eigenvalue weighted by atomic mass is 35.5. The van der Waals surface area contributed by atoms with E-state index in [1.807, 2.05) is 40.1 Å². The van der Waals surface area contributed by atoms with Crippen molar-refractivity contribution in [3.05, 3.63) is 105 Å². The van der Waals surface area contributed by atoms with Gasteiger partial charge in [-0.15, -0.1) is 0 Å². The molecule has 2 aromatic heterocycles. The Hall–Kier alpha value is -3.39. The number of nitrogens with zero attached hydrogens (tertiary/aromatic N) is 5. The third-order valence-electron chi connectivity index (χ3n) is 7.51. The van der Waals surface area contributed by atoms with Gasteiger partial charge in [-0.3, -0.25) is 19.1 Å². The number of para-hydroxylation sites is 1. The zero-order valence-corrected chi connectivity index (χ0v) is 22.4. The normalized spacial score (nSPS) is 16.1. The molecular weight excluding hydrogens is 545 g/mol. The third kappa shape index (κ3) is 4.15. The summed E-state index contributed by atoms with van der Waals surface area (Å²) >= 11 is 18.4. The average molecular weight is 567 g/mol. The van der Waals surface area contributed by atoms with Crippen molar-refractivity contribution >= 4 is 52.3 Å². The molecule has 0 N–H and O–H groups in total. The number of fused-ring (bicyclic) bond motifs is 2. The topological polar surface area (TPSA) is 71.3 Å². The molecule has 1 spiro atoms. The lowest BCUT2D eigenvalue weighted by molar-refractivity contribution is 0.0670. The van der Waals surface area contributed by atoms with E-state index >= 15 is 0 Å². The first-order chi connectivity index (χ1) is 18.4. The molecule has 0 unspecified atom stereocenters. The highest BCUT2D eigenvalue weighted by Crippen LogP contribution is 2.47. The van der Waals surface area contributed by atoms with Gasteiger partial charge in [0.1, 0.15) is 5.69 Å². The van der Waals surface area contributed by atoms with Crippen LogP contribution in [0.5, 0.6) is 0 Å². The molecule has 0 atom stereocenters. The number of carbonyl (C=O) groups excluding carboxylic acids is 2. The van der Waals surface area contributed by atoms with Crippen LogP contribution >= 0.6 is 34.8 Å². The molecule has 6 rings (SSSR count). The van der Waals surface area contributed by atoms with Crippen molar-refractivity contribution in [2.75, 3.05) is 24.5 Å². The molecular formula is C28H22Cl3N5O2. The molecule has 4 heterocycles. The van der Waals surface area contributed by atoms with Gasteiger partial charge in [0.05, 0.1) is 33.3 Å². The molecule has 1 saturated heterocycles. The SMILES string of the molecule is O=C(c1cc(Cl)c(Cl)c(Cl)c1)N1CCC2(CC1)CN(C(=O)c1cncn1-c1ccncc1)c1ccccc12. The van der Waals surface area contributed by atoms with Gasteiger partial charge < -0.3 is 9.80 Å². The Morgan fingerprint density at radius 3 is 2.26 bits per heavy atom. The summed E-state index contributed by atoms with van der Waals surface area (Å²) in [6, 6.07) is 14.8. The Balaban J connectivity index is 1.26. The molecule has 10 heteroatoms. The number of hydrogen-bond donors (Lipinski definition) is 0. The second kappa shape index (κ2) is 9.73. The van der Waals surface area contributed by atoms with Crippen LogP contribution < -0.4 is 4.90 Å². The van der Waals surface area contributed by atoms with Crippen LogP contribution in [0.2, 0.25) is 15.1 Å². The zero-order chi connectivity index (χ0) is 26.4. The van der Waals surface area contributed by atoms with Gasteiger partial charge in [0.2, 0.25) is 0 Å². The lowest BCUT2D eigenvalue weighted by Gasteiger charge is -2.40. The van der Waals surface area contributed by atoms with Gasteiger partial charge in [0.15, 0.2) is 0 Å². The Morgan fingerprint density at radius 2 is 1.55 bits per heavy atom. The van der Waals surface area contributed by atoms with Crippen molar-refractivity contribution in [1.82, 2.24) is 19.4 Å². The molecule has 2 aliphatic rings. The van der Waals surface area contributed by atoms with Crippen LogP contribution in [0.15, 0.2) is 73.4 Å². The molecule has 7 nitrogen and oxygen atoms in total. The second-order valence-electron chi connectivity index (χ2n) is 9.59. The van der Waals surface area contributed by atoms with E-state index in [-0.39, 0.29) is 32.3 Å². The number of amides is 2. The number of likely N-dealkylation sites (tertiary alicyclic amines) is 1. The summed E-state index contributed by atoms with van der Waals surface area (Å²) in [4.78, 5) is 39.1. The maximum atomic E-state index is 13.9. The van der Waals surface area contributed by atoms with Crippen LogP contribution in [0.25, 0.3) is 5.69 Å². The Labute approximate surface area is 234 Å². The number of aromatic nitrogens is 3. The van der Waals surface area contributed by atoms with Gasteiger partial charge in [-0.25, -0.2) is 4.98 Å². The van der Waals surface area contributed by atoms with Gasteiger partial charge in [-0.2, -0.15) is 0 Å². The highest BCUT2D eigenvalue weighted by Gasteiger charge is 2.47. The first-order valence-electron chi connectivity index (χ1n) is 12.2. The summed E-state index contributed by atoms with van der Waals surface area (Å²) in [6.07, 6.45) is 8.05. The molecule has 0 aliphatic carbocycles. The largest absolute Gasteiger partial charge is 0.339 e. The van der Waals surface area contributed by atoms with E-state index in [0.717, 1.165) is 29.8 Å². The van der Waals surface area contributed by atoms with Crippen LogP contribution in [0.1, 0.15) is 39.3 Å². The van der Waals surface area contributed by atoms with E-state index in [1.165, 1.54) is 0 Å². The molecule has 2 amide bonds. The number of piperidine rings is 1. The minimum Gasteiger partial charge on any atom is -0.339 e. The van der Waals surface area contributed by atoms with Crippen LogP contribution in [0.4, 0.5) is 5.69 Å². The van der Waals surface area contributed by atoms with Crippen molar-refractivity contribution in [2.45, 2.75) is 18.3 Å². The summed E-state index contributed by atoms with van der Waals surface area (Å²) in [6.45, 7) is 1.62. The maximum Gasteiger partial charge on any atom is 0.276 e. The lowest BCUT2D eigenvalue weighted by Crippen LogP contribution is -2.48. The van der Waals surface area contributed by atoms with Gasteiger partial charge in [0, 0.05) is 48.7 Å². The van der Waals surface area contributed by atoms with Crippen LogP contribution in [-0.4, -0.2) is 50.9 Å². The van der Waals surface area contributed by atoms with Crippen molar-refractivity contribution in [1.29, 1.82) is 0 Å². The van der Waals surface area contributed by atoms with E-state index < -0.39 is 0 Å². The molecule has 1 fully saturated rings. The Kier molecular flexibility index (Phi) is 6.38. The van der Waals surface area contributed by atoms with Gasteiger partial charge in [-0.05, 0) is 48.7 Å². The number of carbonyl (C=O) groups is 2.